The quantitative estimate of drug-likeness (QED) is 0.740. The highest BCUT2D eigenvalue weighted by molar-refractivity contribution is 5.89. The molecule has 2 N–H and O–H groups in total. The second-order valence-electron chi connectivity index (χ2n) is 7.46. The van der Waals surface area contributed by atoms with E-state index in [-0.39, 0.29) is 18.2 Å². The summed E-state index contributed by atoms with van der Waals surface area (Å²) in [7, 11) is 0. The molecular weight excluding hydrogens is 358 g/mol. The number of nitrogens with zero attached hydrogens (tertiary/aromatic N) is 3. The Bertz CT molecular complexity index is 825. The summed E-state index contributed by atoms with van der Waals surface area (Å²) in [6.45, 7) is 3.45. The molecule has 150 valence electrons. The van der Waals surface area contributed by atoms with E-state index in [1.165, 1.54) is 6.92 Å². The molecule has 0 aromatic carbocycles. The van der Waals surface area contributed by atoms with Crippen molar-refractivity contribution in [2.45, 2.75) is 70.8 Å². The Hall–Kier alpha value is -2.77. The van der Waals surface area contributed by atoms with Crippen LogP contribution in [0.4, 0.5) is 5.82 Å². The van der Waals surface area contributed by atoms with Gasteiger partial charge < -0.3 is 15.2 Å². The lowest BCUT2D eigenvalue weighted by Crippen LogP contribution is -2.45. The van der Waals surface area contributed by atoms with E-state index in [0.717, 1.165) is 44.1 Å². The van der Waals surface area contributed by atoms with E-state index in [0.29, 0.717) is 24.0 Å². The molecule has 0 atom stereocenters. The number of aryl methyl sites for hydroxylation is 2. The molecule has 0 aliphatic heterocycles. The van der Waals surface area contributed by atoms with Gasteiger partial charge in [-0.3, -0.25) is 9.59 Å². The molecule has 2 aromatic heterocycles. The summed E-state index contributed by atoms with van der Waals surface area (Å²) >= 11 is 0. The predicted molar refractivity (Wildman–Crippen MR) is 103 cm³/mol. The lowest BCUT2D eigenvalue weighted by Gasteiger charge is -2.30. The van der Waals surface area contributed by atoms with E-state index in [2.05, 4.69) is 25.8 Å². The number of pyridine rings is 1. The van der Waals surface area contributed by atoms with Gasteiger partial charge in [0.15, 0.2) is 5.82 Å². The summed E-state index contributed by atoms with van der Waals surface area (Å²) in [4.78, 5) is 32.6. The van der Waals surface area contributed by atoms with Gasteiger partial charge in [-0.25, -0.2) is 4.98 Å². The summed E-state index contributed by atoms with van der Waals surface area (Å²) in [5, 5.41) is 9.96. The van der Waals surface area contributed by atoms with E-state index in [1.807, 2.05) is 19.1 Å². The molecule has 2 aromatic rings. The summed E-state index contributed by atoms with van der Waals surface area (Å²) in [6.07, 6.45) is 8.09. The SMILES string of the molecule is CC(=O)NC1(c2noc(CCC(=O)Nc3cc(C)ccn3)n2)CCCCCC1. The highest BCUT2D eigenvalue weighted by atomic mass is 16.5. The number of hydrogen-bond donors (Lipinski definition) is 2. The molecule has 0 unspecified atom stereocenters. The zero-order chi connectivity index (χ0) is 20.0. The fraction of sp³-hybridized carbons (Fsp3) is 0.550. The van der Waals surface area contributed by atoms with Gasteiger partial charge >= 0.3 is 0 Å². The minimum atomic E-state index is -0.572. The smallest absolute Gasteiger partial charge is 0.227 e. The molecular formula is C20H27N5O3. The maximum atomic E-state index is 12.2. The average molecular weight is 385 g/mol. The topological polar surface area (TPSA) is 110 Å². The Morgan fingerprint density at radius 1 is 1.21 bits per heavy atom. The third kappa shape index (κ3) is 5.15. The first-order chi connectivity index (χ1) is 13.5. The molecule has 0 radical (unpaired) electrons. The average Bonchev–Trinajstić information content (AvgIpc) is 3.00. The lowest BCUT2D eigenvalue weighted by molar-refractivity contribution is -0.121. The first-order valence-electron chi connectivity index (χ1n) is 9.81. The van der Waals surface area contributed by atoms with Gasteiger partial charge in [0.25, 0.3) is 0 Å². The van der Waals surface area contributed by atoms with Crippen LogP contribution in [0.15, 0.2) is 22.9 Å². The van der Waals surface area contributed by atoms with Crippen LogP contribution in [0.5, 0.6) is 0 Å². The number of aromatic nitrogens is 3. The second-order valence-corrected chi connectivity index (χ2v) is 7.46. The Morgan fingerprint density at radius 3 is 2.64 bits per heavy atom. The molecule has 2 heterocycles. The third-order valence-electron chi connectivity index (χ3n) is 5.02. The van der Waals surface area contributed by atoms with Crippen LogP contribution in [0.2, 0.25) is 0 Å². The molecule has 28 heavy (non-hydrogen) atoms. The van der Waals surface area contributed by atoms with Crippen molar-refractivity contribution in [1.82, 2.24) is 20.4 Å². The van der Waals surface area contributed by atoms with Gasteiger partial charge in [0, 0.05) is 26.0 Å². The lowest BCUT2D eigenvalue weighted by atomic mass is 9.89. The molecule has 1 saturated carbocycles. The van der Waals surface area contributed by atoms with E-state index in [4.69, 9.17) is 4.52 Å². The Morgan fingerprint density at radius 2 is 1.96 bits per heavy atom. The van der Waals surface area contributed by atoms with Crippen molar-refractivity contribution in [1.29, 1.82) is 0 Å². The van der Waals surface area contributed by atoms with Crippen LogP contribution < -0.4 is 10.6 Å². The number of carbonyl (C=O) groups is 2. The first kappa shape index (κ1) is 20.0. The van der Waals surface area contributed by atoms with Gasteiger partial charge in [-0.1, -0.05) is 30.8 Å². The molecule has 3 rings (SSSR count). The highest BCUT2D eigenvalue weighted by Crippen LogP contribution is 2.34. The van der Waals surface area contributed by atoms with Crippen molar-refractivity contribution in [3.05, 3.63) is 35.6 Å². The molecule has 8 nitrogen and oxygen atoms in total. The standard InChI is InChI=1S/C20H27N5O3/c1-14-9-12-21-16(13-14)22-17(27)7-8-18-23-19(25-28-18)20(24-15(2)26)10-5-3-4-6-11-20/h9,12-13H,3-8,10-11H2,1-2H3,(H,24,26)(H,21,22,27). The fourth-order valence-electron chi connectivity index (χ4n) is 3.65. The van der Waals surface area contributed by atoms with E-state index < -0.39 is 5.54 Å². The summed E-state index contributed by atoms with van der Waals surface area (Å²) in [5.41, 5.74) is 0.455. The number of amides is 2. The minimum absolute atomic E-state index is 0.0988. The summed E-state index contributed by atoms with van der Waals surface area (Å²) in [5.74, 6) is 1.18. The third-order valence-corrected chi connectivity index (χ3v) is 5.02. The number of hydrogen-bond acceptors (Lipinski definition) is 6. The van der Waals surface area contributed by atoms with Crippen LogP contribution in [0.1, 0.15) is 69.1 Å². The largest absolute Gasteiger partial charge is 0.343 e. The van der Waals surface area contributed by atoms with Crippen LogP contribution >= 0.6 is 0 Å². The maximum absolute atomic E-state index is 12.2. The Labute approximate surface area is 164 Å². The van der Waals surface area contributed by atoms with Crippen LogP contribution in [0.25, 0.3) is 0 Å². The van der Waals surface area contributed by atoms with Gasteiger partial charge in [-0.15, -0.1) is 0 Å². The molecule has 0 bridgehead atoms. The number of anilines is 1. The first-order valence-corrected chi connectivity index (χ1v) is 9.81. The van der Waals surface area contributed by atoms with Gasteiger partial charge in [0.2, 0.25) is 17.7 Å². The van der Waals surface area contributed by atoms with Crippen molar-refractivity contribution >= 4 is 17.6 Å². The van der Waals surface area contributed by atoms with Crippen molar-refractivity contribution in [2.24, 2.45) is 0 Å². The molecule has 0 spiro atoms. The van der Waals surface area contributed by atoms with Crippen LogP contribution in [-0.2, 0) is 21.5 Å². The fourth-order valence-corrected chi connectivity index (χ4v) is 3.65. The number of rotatable bonds is 6. The Kier molecular flexibility index (Phi) is 6.38. The molecule has 0 saturated heterocycles. The maximum Gasteiger partial charge on any atom is 0.227 e. The number of nitrogens with one attached hydrogen (secondary N) is 2. The van der Waals surface area contributed by atoms with Crippen LogP contribution in [0.3, 0.4) is 0 Å². The second kappa shape index (κ2) is 8.95. The van der Waals surface area contributed by atoms with E-state index in [1.54, 1.807) is 6.20 Å². The van der Waals surface area contributed by atoms with Crippen LogP contribution in [-0.4, -0.2) is 26.9 Å². The molecule has 1 aliphatic carbocycles. The minimum Gasteiger partial charge on any atom is -0.343 e. The molecule has 1 aliphatic rings. The van der Waals surface area contributed by atoms with Gasteiger partial charge in [0.05, 0.1) is 0 Å². The van der Waals surface area contributed by atoms with Gasteiger partial charge in [-0.05, 0) is 37.5 Å². The monoisotopic (exact) mass is 385 g/mol. The number of carbonyl (C=O) groups excluding carboxylic acids is 2. The normalized spacial score (nSPS) is 16.2. The van der Waals surface area contributed by atoms with E-state index in [9.17, 15) is 9.59 Å². The molecule has 1 fully saturated rings. The van der Waals surface area contributed by atoms with E-state index >= 15 is 0 Å². The Balaban J connectivity index is 1.63. The summed E-state index contributed by atoms with van der Waals surface area (Å²) < 4.78 is 5.38. The van der Waals surface area contributed by atoms with Crippen molar-refractivity contribution < 1.29 is 14.1 Å². The zero-order valence-corrected chi connectivity index (χ0v) is 16.5. The predicted octanol–water partition coefficient (Wildman–Crippen LogP) is 3.03. The highest BCUT2D eigenvalue weighted by Gasteiger charge is 2.38. The van der Waals surface area contributed by atoms with Crippen molar-refractivity contribution in [2.75, 3.05) is 5.32 Å². The van der Waals surface area contributed by atoms with Crippen molar-refractivity contribution in [3.8, 4) is 0 Å². The zero-order valence-electron chi connectivity index (χ0n) is 16.5. The summed E-state index contributed by atoms with van der Waals surface area (Å²) in [6, 6.07) is 3.68. The van der Waals surface area contributed by atoms with Gasteiger partial charge in [0.1, 0.15) is 11.4 Å². The molecule has 8 heteroatoms. The molecule has 2 amide bonds. The van der Waals surface area contributed by atoms with Crippen molar-refractivity contribution in [3.63, 3.8) is 0 Å². The van der Waals surface area contributed by atoms with Gasteiger partial charge in [-0.2, -0.15) is 4.98 Å². The van der Waals surface area contributed by atoms with Crippen LogP contribution in [0, 0.1) is 6.92 Å².